The van der Waals surface area contributed by atoms with Gasteiger partial charge in [0, 0.05) is 12.5 Å². The smallest absolute Gasteiger partial charge is 0.151 e. The van der Waals surface area contributed by atoms with Gasteiger partial charge >= 0.3 is 0 Å². The van der Waals surface area contributed by atoms with Gasteiger partial charge in [-0.1, -0.05) is 12.8 Å². The number of hydrogen-bond acceptors (Lipinski definition) is 4. The summed E-state index contributed by atoms with van der Waals surface area (Å²) in [7, 11) is -6.47. The summed E-state index contributed by atoms with van der Waals surface area (Å²) in [6.07, 6.45) is 4.84. The molecule has 0 N–H and O–H groups in total. The lowest BCUT2D eigenvalue weighted by Crippen LogP contribution is -2.41. The lowest BCUT2D eigenvalue weighted by Gasteiger charge is -2.28. The zero-order chi connectivity index (χ0) is 11.0. The van der Waals surface area contributed by atoms with Gasteiger partial charge in [0.05, 0.1) is 10.5 Å². The predicted octanol–water partition coefficient (Wildman–Crippen LogP) is 0.387. The van der Waals surface area contributed by atoms with E-state index in [1.807, 2.05) is 0 Å². The van der Waals surface area contributed by atoms with E-state index in [0.29, 0.717) is 12.8 Å². The summed E-state index contributed by atoms with van der Waals surface area (Å²) in [5.74, 6) is 0. The van der Waals surface area contributed by atoms with Gasteiger partial charge in [-0.3, -0.25) is 0 Å². The second-order valence-corrected chi connectivity index (χ2v) is 8.55. The largest absolute Gasteiger partial charge is 0.229 e. The first-order chi connectivity index (χ1) is 6.23. The summed E-state index contributed by atoms with van der Waals surface area (Å²) in [5, 5.41) is -1.38. The van der Waals surface area contributed by atoms with Gasteiger partial charge in [0.1, 0.15) is 0 Å². The van der Waals surface area contributed by atoms with Gasteiger partial charge in [-0.15, -0.1) is 0 Å². The first kappa shape index (κ1) is 12.0. The van der Waals surface area contributed by atoms with E-state index in [2.05, 4.69) is 0 Å². The van der Waals surface area contributed by atoms with E-state index in [0.717, 1.165) is 25.4 Å². The first-order valence-electron chi connectivity index (χ1n) is 4.60. The normalized spacial score (nSPS) is 30.1. The van der Waals surface area contributed by atoms with Crippen molar-refractivity contribution in [1.82, 2.24) is 0 Å². The first-order valence-corrected chi connectivity index (χ1v) is 8.51. The van der Waals surface area contributed by atoms with Crippen molar-refractivity contribution in [1.29, 1.82) is 0 Å². The van der Waals surface area contributed by atoms with E-state index in [9.17, 15) is 16.8 Å². The SMILES string of the molecule is CS(=O)(=O)[C@@H]1CCCC[C@H]1S(C)(=O)=O. The average molecular weight is 240 g/mol. The van der Waals surface area contributed by atoms with Crippen molar-refractivity contribution in [3.63, 3.8) is 0 Å². The Morgan fingerprint density at radius 3 is 1.29 bits per heavy atom. The molecular weight excluding hydrogens is 224 g/mol. The van der Waals surface area contributed by atoms with Crippen LogP contribution in [0.1, 0.15) is 25.7 Å². The van der Waals surface area contributed by atoms with E-state index in [4.69, 9.17) is 0 Å². The van der Waals surface area contributed by atoms with Crippen LogP contribution in [0, 0.1) is 0 Å². The van der Waals surface area contributed by atoms with Crippen molar-refractivity contribution in [2.24, 2.45) is 0 Å². The summed E-state index contributed by atoms with van der Waals surface area (Å²) < 4.78 is 45.5. The molecule has 0 aromatic heterocycles. The highest BCUT2D eigenvalue weighted by Gasteiger charge is 2.38. The fraction of sp³-hybridized carbons (Fsp3) is 1.00. The minimum Gasteiger partial charge on any atom is -0.229 e. The van der Waals surface area contributed by atoms with E-state index >= 15 is 0 Å². The van der Waals surface area contributed by atoms with Gasteiger partial charge in [-0.25, -0.2) is 16.8 Å². The maximum Gasteiger partial charge on any atom is 0.151 e. The third-order valence-corrected chi connectivity index (χ3v) is 6.24. The minimum atomic E-state index is -3.24. The molecule has 0 heterocycles. The van der Waals surface area contributed by atoms with Crippen molar-refractivity contribution in [2.45, 2.75) is 36.2 Å². The Hall–Kier alpha value is -0.100. The molecule has 0 spiro atoms. The third-order valence-electron chi connectivity index (χ3n) is 2.74. The molecule has 1 fully saturated rings. The maximum absolute atomic E-state index is 11.4. The maximum atomic E-state index is 11.4. The molecule has 1 aliphatic rings. The zero-order valence-corrected chi connectivity index (χ0v) is 10.1. The molecule has 1 saturated carbocycles. The number of hydrogen-bond donors (Lipinski definition) is 0. The van der Waals surface area contributed by atoms with Crippen LogP contribution in [0.25, 0.3) is 0 Å². The van der Waals surface area contributed by atoms with Gasteiger partial charge in [0.2, 0.25) is 0 Å². The number of sulfone groups is 2. The highest BCUT2D eigenvalue weighted by molar-refractivity contribution is 7.95. The molecule has 0 aliphatic heterocycles. The monoisotopic (exact) mass is 240 g/mol. The molecule has 2 atom stereocenters. The standard InChI is InChI=1S/C8H16O4S2/c1-13(9,10)7-5-3-4-6-8(7)14(2,11)12/h7-8H,3-6H2,1-2H3/t7-,8-/m1/s1. The Kier molecular flexibility index (Phi) is 3.26. The topological polar surface area (TPSA) is 68.3 Å². The van der Waals surface area contributed by atoms with Crippen LogP contribution >= 0.6 is 0 Å². The molecule has 14 heavy (non-hydrogen) atoms. The second-order valence-electron chi connectivity index (χ2n) is 4.02. The Morgan fingerprint density at radius 1 is 0.786 bits per heavy atom. The van der Waals surface area contributed by atoms with Crippen LogP contribution < -0.4 is 0 Å². The van der Waals surface area contributed by atoms with Crippen LogP contribution in [0.5, 0.6) is 0 Å². The molecule has 0 amide bonds. The van der Waals surface area contributed by atoms with Crippen LogP contribution in [-0.4, -0.2) is 39.8 Å². The van der Waals surface area contributed by atoms with Gasteiger partial charge in [0.25, 0.3) is 0 Å². The van der Waals surface area contributed by atoms with Crippen LogP contribution in [-0.2, 0) is 19.7 Å². The Bertz CT molecular complexity index is 353. The van der Waals surface area contributed by atoms with Crippen LogP contribution in [0.4, 0.5) is 0 Å². The molecule has 4 nitrogen and oxygen atoms in total. The van der Waals surface area contributed by atoms with Crippen molar-refractivity contribution < 1.29 is 16.8 Å². The van der Waals surface area contributed by atoms with Gasteiger partial charge in [-0.2, -0.15) is 0 Å². The molecule has 1 aliphatic carbocycles. The van der Waals surface area contributed by atoms with Gasteiger partial charge in [-0.05, 0) is 12.8 Å². The van der Waals surface area contributed by atoms with Crippen LogP contribution in [0.3, 0.4) is 0 Å². The molecule has 0 radical (unpaired) electrons. The fourth-order valence-electron chi connectivity index (χ4n) is 2.04. The molecule has 0 unspecified atom stereocenters. The molecule has 0 saturated heterocycles. The highest BCUT2D eigenvalue weighted by Crippen LogP contribution is 2.28. The van der Waals surface area contributed by atoms with Crippen LogP contribution in [0.15, 0.2) is 0 Å². The summed E-state index contributed by atoms with van der Waals surface area (Å²) in [5.41, 5.74) is 0. The molecule has 0 aromatic carbocycles. The lowest BCUT2D eigenvalue weighted by molar-refractivity contribution is 0.473. The van der Waals surface area contributed by atoms with E-state index in [1.54, 1.807) is 0 Å². The fourth-order valence-corrected chi connectivity index (χ4v) is 5.82. The second kappa shape index (κ2) is 3.81. The Labute approximate surface area is 85.5 Å². The quantitative estimate of drug-likeness (QED) is 0.700. The molecule has 1 rings (SSSR count). The van der Waals surface area contributed by atoms with Crippen molar-refractivity contribution >= 4 is 19.7 Å². The summed E-state index contributed by atoms with van der Waals surface area (Å²) in [6.45, 7) is 0. The third kappa shape index (κ3) is 2.70. The van der Waals surface area contributed by atoms with Gasteiger partial charge in [0.15, 0.2) is 19.7 Å². The highest BCUT2D eigenvalue weighted by atomic mass is 32.2. The number of rotatable bonds is 2. The average Bonchev–Trinajstić information content (AvgIpc) is 2.01. The van der Waals surface area contributed by atoms with Crippen molar-refractivity contribution in [3.8, 4) is 0 Å². The van der Waals surface area contributed by atoms with Crippen molar-refractivity contribution in [3.05, 3.63) is 0 Å². The van der Waals surface area contributed by atoms with E-state index in [1.165, 1.54) is 0 Å². The zero-order valence-electron chi connectivity index (χ0n) is 8.43. The molecule has 84 valence electrons. The van der Waals surface area contributed by atoms with E-state index in [-0.39, 0.29) is 0 Å². The minimum absolute atomic E-state index is 0.483. The molecular formula is C8H16O4S2. The van der Waals surface area contributed by atoms with Crippen molar-refractivity contribution in [2.75, 3.05) is 12.5 Å². The molecule has 0 bridgehead atoms. The van der Waals surface area contributed by atoms with Crippen LogP contribution in [0.2, 0.25) is 0 Å². The summed E-state index contributed by atoms with van der Waals surface area (Å²) >= 11 is 0. The summed E-state index contributed by atoms with van der Waals surface area (Å²) in [4.78, 5) is 0. The predicted molar refractivity (Wildman–Crippen MR) is 55.7 cm³/mol. The lowest BCUT2D eigenvalue weighted by atomic mass is 10.00. The van der Waals surface area contributed by atoms with Gasteiger partial charge < -0.3 is 0 Å². The Morgan fingerprint density at radius 2 is 1.07 bits per heavy atom. The molecule has 6 heteroatoms. The molecule has 0 aromatic rings. The summed E-state index contributed by atoms with van der Waals surface area (Å²) in [6, 6.07) is 0. The van der Waals surface area contributed by atoms with E-state index < -0.39 is 30.2 Å². The Balaban J connectivity index is 3.03.